The van der Waals surface area contributed by atoms with Crippen molar-refractivity contribution in [2.45, 2.75) is 6.92 Å². The van der Waals surface area contributed by atoms with E-state index in [9.17, 15) is 9.18 Å². The summed E-state index contributed by atoms with van der Waals surface area (Å²) in [6.45, 7) is 1.73. The minimum atomic E-state index is -0.373. The van der Waals surface area contributed by atoms with Gasteiger partial charge in [-0.25, -0.2) is 4.39 Å². The van der Waals surface area contributed by atoms with Crippen LogP contribution < -0.4 is 15.4 Å². The molecule has 156 valence electrons. The lowest BCUT2D eigenvalue weighted by Crippen LogP contribution is -2.37. The van der Waals surface area contributed by atoms with Crippen LogP contribution in [-0.4, -0.2) is 32.6 Å². The molecule has 1 heterocycles. The number of carbonyl (C=O) groups is 1. The molecule has 0 spiro atoms. The lowest BCUT2D eigenvalue weighted by molar-refractivity contribution is -0.121. The van der Waals surface area contributed by atoms with Crippen molar-refractivity contribution in [3.05, 3.63) is 78.1 Å². The average Bonchev–Trinajstić information content (AvgIpc) is 3.16. The number of aromatic nitrogens is 3. The molecule has 0 saturated carbocycles. The van der Waals surface area contributed by atoms with E-state index in [1.54, 1.807) is 30.3 Å². The zero-order valence-electron chi connectivity index (χ0n) is 16.5. The van der Waals surface area contributed by atoms with E-state index >= 15 is 0 Å². The van der Waals surface area contributed by atoms with Crippen molar-refractivity contribution in [1.82, 2.24) is 20.3 Å². The first kappa shape index (κ1) is 20.4. The molecule has 4 aromatic rings. The first-order valence-electron chi connectivity index (χ1n) is 9.40. The second kappa shape index (κ2) is 8.88. The number of benzene rings is 3. The van der Waals surface area contributed by atoms with Gasteiger partial charge in [0.15, 0.2) is 11.7 Å². The third-order valence-corrected chi connectivity index (χ3v) is 4.60. The van der Waals surface area contributed by atoms with Crippen LogP contribution in [0.2, 0.25) is 0 Å². The Labute approximate surface area is 182 Å². The fraction of sp³-hybridized carbons (Fsp3) is 0.0909. The number of thiocarbonyl (C=S) groups is 1. The topological polar surface area (TPSA) is 81.1 Å². The lowest BCUT2D eigenvalue weighted by atomic mass is 10.2. The second-order valence-electron chi connectivity index (χ2n) is 6.73. The molecule has 0 bridgehead atoms. The van der Waals surface area contributed by atoms with Gasteiger partial charge in [-0.2, -0.15) is 4.80 Å². The first-order valence-corrected chi connectivity index (χ1v) is 9.81. The van der Waals surface area contributed by atoms with Gasteiger partial charge in [0.2, 0.25) is 0 Å². The van der Waals surface area contributed by atoms with Crippen LogP contribution in [0.5, 0.6) is 5.75 Å². The summed E-state index contributed by atoms with van der Waals surface area (Å²) in [4.78, 5) is 13.5. The average molecular weight is 435 g/mol. The molecule has 3 aromatic carbocycles. The van der Waals surface area contributed by atoms with E-state index in [-0.39, 0.29) is 23.4 Å². The number of fused-ring (bicyclic) bond motifs is 1. The maximum Gasteiger partial charge on any atom is 0.264 e. The minimum Gasteiger partial charge on any atom is -0.484 e. The third-order valence-electron chi connectivity index (χ3n) is 4.40. The van der Waals surface area contributed by atoms with Crippen molar-refractivity contribution >= 4 is 40.0 Å². The fourth-order valence-corrected chi connectivity index (χ4v) is 3.10. The molecule has 2 N–H and O–H groups in total. The highest BCUT2D eigenvalue weighted by Gasteiger charge is 2.11. The maximum atomic E-state index is 13.2. The van der Waals surface area contributed by atoms with Gasteiger partial charge in [0.1, 0.15) is 22.6 Å². The summed E-state index contributed by atoms with van der Waals surface area (Å²) in [6.07, 6.45) is 0. The van der Waals surface area contributed by atoms with Gasteiger partial charge in [0, 0.05) is 5.69 Å². The quantitative estimate of drug-likeness (QED) is 0.465. The number of carbonyl (C=O) groups excluding carboxylic acids is 1. The van der Waals surface area contributed by atoms with E-state index < -0.39 is 0 Å². The van der Waals surface area contributed by atoms with Gasteiger partial charge in [0.25, 0.3) is 5.91 Å². The van der Waals surface area contributed by atoms with Gasteiger partial charge in [-0.05, 0) is 73.2 Å². The summed E-state index contributed by atoms with van der Waals surface area (Å²) in [5.41, 5.74) is 3.51. The molecule has 0 aliphatic carbocycles. The van der Waals surface area contributed by atoms with Crippen LogP contribution in [0.3, 0.4) is 0 Å². The number of para-hydroxylation sites is 1. The monoisotopic (exact) mass is 435 g/mol. The summed E-state index contributed by atoms with van der Waals surface area (Å²) in [7, 11) is 0. The summed E-state index contributed by atoms with van der Waals surface area (Å²) >= 11 is 5.24. The third kappa shape index (κ3) is 5.01. The van der Waals surface area contributed by atoms with Gasteiger partial charge in [-0.3, -0.25) is 10.1 Å². The Bertz CT molecular complexity index is 1240. The van der Waals surface area contributed by atoms with E-state index in [4.69, 9.17) is 17.0 Å². The maximum absolute atomic E-state index is 13.2. The summed E-state index contributed by atoms with van der Waals surface area (Å²) in [5.74, 6) is -0.100. The highest BCUT2D eigenvalue weighted by molar-refractivity contribution is 7.80. The number of rotatable bonds is 5. The second-order valence-corrected chi connectivity index (χ2v) is 7.13. The molecule has 31 heavy (non-hydrogen) atoms. The summed E-state index contributed by atoms with van der Waals surface area (Å²) < 4.78 is 18.6. The first-order chi connectivity index (χ1) is 15.0. The summed E-state index contributed by atoms with van der Waals surface area (Å²) in [5, 5.41) is 14.6. The van der Waals surface area contributed by atoms with Crippen molar-refractivity contribution in [2.24, 2.45) is 0 Å². The largest absolute Gasteiger partial charge is 0.484 e. The van der Waals surface area contributed by atoms with E-state index in [2.05, 4.69) is 20.8 Å². The van der Waals surface area contributed by atoms with Gasteiger partial charge < -0.3 is 10.1 Å². The summed E-state index contributed by atoms with van der Waals surface area (Å²) in [6, 6.07) is 18.6. The lowest BCUT2D eigenvalue weighted by Gasteiger charge is -2.12. The van der Waals surface area contributed by atoms with Gasteiger partial charge >= 0.3 is 0 Å². The number of amides is 1. The van der Waals surface area contributed by atoms with Crippen molar-refractivity contribution < 1.29 is 13.9 Å². The highest BCUT2D eigenvalue weighted by Crippen LogP contribution is 2.22. The van der Waals surface area contributed by atoms with E-state index in [0.717, 1.165) is 5.56 Å². The molecule has 0 radical (unpaired) electrons. The van der Waals surface area contributed by atoms with Gasteiger partial charge in [0.05, 0.1) is 5.69 Å². The zero-order valence-corrected chi connectivity index (χ0v) is 17.3. The SMILES string of the molecule is Cc1cc2nn(-c3ccc(F)cc3)nc2cc1NC(=S)NC(=O)COc1ccccc1. The number of aryl methyl sites for hydroxylation is 1. The van der Waals surface area contributed by atoms with Gasteiger partial charge in [-0.1, -0.05) is 18.2 Å². The Morgan fingerprint density at radius 1 is 1.06 bits per heavy atom. The zero-order chi connectivity index (χ0) is 21.8. The number of hydrogen-bond donors (Lipinski definition) is 2. The molecule has 1 amide bonds. The number of nitrogens with one attached hydrogen (secondary N) is 2. The van der Waals surface area contributed by atoms with Crippen LogP contribution in [-0.2, 0) is 4.79 Å². The van der Waals surface area contributed by atoms with Crippen LogP contribution in [0.4, 0.5) is 10.1 Å². The Morgan fingerprint density at radius 2 is 1.74 bits per heavy atom. The Hall–Kier alpha value is -3.85. The molecule has 0 fully saturated rings. The number of nitrogens with zero attached hydrogens (tertiary/aromatic N) is 3. The Balaban J connectivity index is 1.42. The van der Waals surface area contributed by atoms with Crippen LogP contribution in [0.15, 0.2) is 66.7 Å². The molecule has 0 aliphatic rings. The van der Waals surface area contributed by atoms with Crippen LogP contribution in [0, 0.1) is 12.7 Å². The van der Waals surface area contributed by atoms with Crippen molar-refractivity contribution in [1.29, 1.82) is 0 Å². The normalized spacial score (nSPS) is 10.6. The number of hydrogen-bond acceptors (Lipinski definition) is 5. The fourth-order valence-electron chi connectivity index (χ4n) is 2.87. The molecular formula is C22H18FN5O2S. The highest BCUT2D eigenvalue weighted by atomic mass is 32.1. The van der Waals surface area contributed by atoms with Gasteiger partial charge in [-0.15, -0.1) is 10.2 Å². The number of ether oxygens (including phenoxy) is 1. The van der Waals surface area contributed by atoms with Crippen molar-refractivity contribution in [3.8, 4) is 11.4 Å². The number of halogens is 1. The molecular weight excluding hydrogens is 417 g/mol. The van der Waals surface area contributed by atoms with Crippen LogP contribution >= 0.6 is 12.2 Å². The smallest absolute Gasteiger partial charge is 0.264 e. The van der Waals surface area contributed by atoms with E-state index in [0.29, 0.717) is 28.2 Å². The molecule has 0 atom stereocenters. The van der Waals surface area contributed by atoms with Crippen LogP contribution in [0.1, 0.15) is 5.56 Å². The molecule has 0 saturated heterocycles. The number of anilines is 1. The molecule has 4 rings (SSSR count). The predicted octanol–water partition coefficient (Wildman–Crippen LogP) is 3.76. The Morgan fingerprint density at radius 3 is 2.45 bits per heavy atom. The van der Waals surface area contributed by atoms with E-state index in [1.165, 1.54) is 16.9 Å². The van der Waals surface area contributed by atoms with Crippen LogP contribution in [0.25, 0.3) is 16.7 Å². The molecule has 0 unspecified atom stereocenters. The predicted molar refractivity (Wildman–Crippen MR) is 120 cm³/mol. The molecule has 9 heteroatoms. The van der Waals surface area contributed by atoms with E-state index in [1.807, 2.05) is 31.2 Å². The van der Waals surface area contributed by atoms with Crippen molar-refractivity contribution in [2.75, 3.05) is 11.9 Å². The molecule has 0 aliphatic heterocycles. The molecule has 1 aromatic heterocycles. The Kier molecular flexibility index (Phi) is 5.85. The minimum absolute atomic E-state index is 0.148. The standard InChI is InChI=1S/C22H18FN5O2S/c1-14-11-19-20(27-28(26-19)16-9-7-15(23)8-10-16)12-18(14)24-22(31)25-21(29)13-30-17-5-3-2-4-6-17/h2-12H,13H2,1H3,(H2,24,25,29,31). The molecule has 7 nitrogen and oxygen atoms in total. The van der Waals surface area contributed by atoms with Crippen molar-refractivity contribution in [3.63, 3.8) is 0 Å².